The largest absolute Gasteiger partial charge is 0.497 e. The Morgan fingerprint density at radius 3 is 2.43 bits per heavy atom. The molecule has 1 fully saturated rings. The zero-order valence-corrected chi connectivity index (χ0v) is 11.8. The van der Waals surface area contributed by atoms with Crippen molar-refractivity contribution >= 4 is 11.6 Å². The highest BCUT2D eigenvalue weighted by atomic mass is 16.5. The van der Waals surface area contributed by atoms with Gasteiger partial charge in [0.2, 0.25) is 11.6 Å². The van der Waals surface area contributed by atoms with Gasteiger partial charge >= 0.3 is 0 Å². The molecule has 108 valence electrons. The van der Waals surface area contributed by atoms with Crippen molar-refractivity contribution in [3.8, 4) is 11.8 Å². The fourth-order valence-electron chi connectivity index (χ4n) is 2.50. The summed E-state index contributed by atoms with van der Waals surface area (Å²) >= 11 is 0. The van der Waals surface area contributed by atoms with Crippen molar-refractivity contribution in [1.29, 1.82) is 5.26 Å². The topological polar surface area (TPSA) is 65.5 Å². The van der Waals surface area contributed by atoms with Crippen LogP contribution >= 0.6 is 0 Å². The summed E-state index contributed by atoms with van der Waals surface area (Å²) in [7, 11) is 1.66. The first-order valence-corrected chi connectivity index (χ1v) is 6.79. The molecule has 1 aromatic heterocycles. The monoisotopic (exact) mass is 284 g/mol. The highest BCUT2D eigenvalue weighted by Gasteiger charge is 2.22. The van der Waals surface area contributed by atoms with Crippen LogP contribution in [0.25, 0.3) is 0 Å². The minimum Gasteiger partial charge on any atom is -0.497 e. The Morgan fingerprint density at radius 1 is 1.14 bits per heavy atom. The average Bonchev–Trinajstić information content (AvgIpc) is 3.04. The van der Waals surface area contributed by atoms with Gasteiger partial charge in [0.05, 0.1) is 7.11 Å². The summed E-state index contributed by atoms with van der Waals surface area (Å²) in [4.78, 5) is 8.27. The van der Waals surface area contributed by atoms with Gasteiger partial charge in [-0.3, -0.25) is 0 Å². The van der Waals surface area contributed by atoms with Gasteiger partial charge in [-0.1, -0.05) is 0 Å². The first-order valence-electron chi connectivity index (χ1n) is 6.79. The van der Waals surface area contributed by atoms with E-state index in [-0.39, 0.29) is 0 Å². The van der Waals surface area contributed by atoms with Gasteiger partial charge in [-0.15, -0.1) is 0 Å². The summed E-state index contributed by atoms with van der Waals surface area (Å²) in [6, 6.07) is 10.1. The van der Waals surface area contributed by atoms with Crippen LogP contribution in [0.4, 0.5) is 11.6 Å². The maximum atomic E-state index is 9.00. The summed E-state index contributed by atoms with van der Waals surface area (Å²) in [6.45, 7) is 3.35. The smallest absolute Gasteiger partial charge is 0.234 e. The van der Waals surface area contributed by atoms with E-state index in [2.05, 4.69) is 33.0 Å². The first-order chi connectivity index (χ1) is 10.3. The molecular formula is C15H16N4O2. The van der Waals surface area contributed by atoms with Gasteiger partial charge in [0.15, 0.2) is 6.39 Å². The molecule has 0 amide bonds. The molecule has 21 heavy (non-hydrogen) atoms. The minimum absolute atomic E-state index is 0.355. The molecule has 0 atom stereocenters. The van der Waals surface area contributed by atoms with E-state index < -0.39 is 0 Å². The Kier molecular flexibility index (Phi) is 3.65. The Balaban J connectivity index is 1.66. The van der Waals surface area contributed by atoms with Crippen LogP contribution in [0.2, 0.25) is 0 Å². The fourth-order valence-corrected chi connectivity index (χ4v) is 2.50. The van der Waals surface area contributed by atoms with E-state index in [0.717, 1.165) is 31.9 Å². The van der Waals surface area contributed by atoms with Gasteiger partial charge in [-0.25, -0.2) is 4.98 Å². The number of oxazole rings is 1. The SMILES string of the molecule is COc1ccc(N2CCN(c3ocnc3C#N)CC2)cc1. The highest BCUT2D eigenvalue weighted by molar-refractivity contribution is 5.53. The molecule has 6 heteroatoms. The standard InChI is InChI=1S/C15H16N4O2/c1-20-13-4-2-12(3-5-13)18-6-8-19(9-7-18)15-14(10-16)17-11-21-15/h2-5,11H,6-9H2,1H3. The molecule has 0 bridgehead atoms. The molecule has 1 aromatic carbocycles. The maximum absolute atomic E-state index is 9.00. The van der Waals surface area contributed by atoms with E-state index in [0.29, 0.717) is 11.6 Å². The summed E-state index contributed by atoms with van der Waals surface area (Å²) in [5.74, 6) is 1.43. The van der Waals surface area contributed by atoms with Crippen LogP contribution < -0.4 is 14.5 Å². The molecule has 0 unspecified atom stereocenters. The Hall–Kier alpha value is -2.68. The van der Waals surface area contributed by atoms with Crippen molar-refractivity contribution in [2.45, 2.75) is 0 Å². The van der Waals surface area contributed by atoms with Crippen molar-refractivity contribution in [3.63, 3.8) is 0 Å². The van der Waals surface area contributed by atoms with E-state index in [1.807, 2.05) is 12.1 Å². The molecule has 0 saturated carbocycles. The number of ether oxygens (including phenoxy) is 1. The predicted molar refractivity (Wildman–Crippen MR) is 78.6 cm³/mol. The number of nitriles is 1. The van der Waals surface area contributed by atoms with E-state index in [1.54, 1.807) is 7.11 Å². The van der Waals surface area contributed by atoms with Gasteiger partial charge in [0.1, 0.15) is 11.8 Å². The summed E-state index contributed by atoms with van der Waals surface area (Å²) in [5.41, 5.74) is 1.53. The van der Waals surface area contributed by atoms with E-state index in [4.69, 9.17) is 14.4 Å². The number of rotatable bonds is 3. The molecule has 0 spiro atoms. The van der Waals surface area contributed by atoms with Crippen LogP contribution in [0.1, 0.15) is 5.69 Å². The third-order valence-corrected chi connectivity index (χ3v) is 3.66. The lowest BCUT2D eigenvalue weighted by molar-refractivity contribution is 0.415. The number of anilines is 2. The Morgan fingerprint density at radius 2 is 1.81 bits per heavy atom. The molecular weight excluding hydrogens is 268 g/mol. The molecule has 1 saturated heterocycles. The Bertz CT molecular complexity index is 636. The average molecular weight is 284 g/mol. The Labute approximate surface area is 123 Å². The van der Waals surface area contributed by atoms with E-state index >= 15 is 0 Å². The van der Waals surface area contributed by atoms with E-state index in [1.165, 1.54) is 12.1 Å². The second-order valence-electron chi connectivity index (χ2n) is 4.79. The minimum atomic E-state index is 0.355. The third-order valence-electron chi connectivity index (χ3n) is 3.66. The van der Waals surface area contributed by atoms with Crippen molar-refractivity contribution < 1.29 is 9.15 Å². The van der Waals surface area contributed by atoms with Crippen LogP contribution in [-0.2, 0) is 0 Å². The van der Waals surface area contributed by atoms with Gasteiger partial charge in [0.25, 0.3) is 0 Å². The van der Waals surface area contributed by atoms with Crippen LogP contribution in [0.5, 0.6) is 5.75 Å². The number of nitrogens with zero attached hydrogens (tertiary/aromatic N) is 4. The van der Waals surface area contributed by atoms with Crippen LogP contribution in [0.15, 0.2) is 35.1 Å². The molecule has 2 aromatic rings. The fraction of sp³-hybridized carbons (Fsp3) is 0.333. The lowest BCUT2D eigenvalue weighted by atomic mass is 10.2. The number of aromatic nitrogens is 1. The van der Waals surface area contributed by atoms with Crippen molar-refractivity contribution in [1.82, 2.24) is 4.98 Å². The zero-order valence-electron chi connectivity index (χ0n) is 11.8. The number of piperazine rings is 1. The number of hydrogen-bond acceptors (Lipinski definition) is 6. The van der Waals surface area contributed by atoms with Crippen LogP contribution in [-0.4, -0.2) is 38.3 Å². The van der Waals surface area contributed by atoms with Crippen LogP contribution in [0.3, 0.4) is 0 Å². The quantitative estimate of drug-likeness (QED) is 0.857. The first kappa shape index (κ1) is 13.3. The zero-order chi connectivity index (χ0) is 14.7. The van der Waals surface area contributed by atoms with E-state index in [9.17, 15) is 0 Å². The highest BCUT2D eigenvalue weighted by Crippen LogP contribution is 2.24. The van der Waals surface area contributed by atoms with Crippen molar-refractivity contribution in [2.75, 3.05) is 43.1 Å². The van der Waals surface area contributed by atoms with Gasteiger partial charge in [-0.2, -0.15) is 5.26 Å². The predicted octanol–water partition coefficient (Wildman–Crippen LogP) is 1.88. The van der Waals surface area contributed by atoms with Crippen LogP contribution in [0, 0.1) is 11.3 Å². The number of benzene rings is 1. The normalized spacial score (nSPS) is 14.9. The third kappa shape index (κ3) is 2.63. The summed E-state index contributed by atoms with van der Waals surface area (Å²) in [6.07, 6.45) is 1.32. The molecule has 0 aliphatic carbocycles. The molecule has 1 aliphatic heterocycles. The molecule has 1 aliphatic rings. The number of hydrogen-bond donors (Lipinski definition) is 0. The summed E-state index contributed by atoms with van der Waals surface area (Å²) < 4.78 is 10.5. The summed E-state index contributed by atoms with van der Waals surface area (Å²) in [5, 5.41) is 9.00. The number of methoxy groups -OCH3 is 1. The molecule has 0 N–H and O–H groups in total. The van der Waals surface area contributed by atoms with Gasteiger partial charge < -0.3 is 19.0 Å². The lowest BCUT2D eigenvalue weighted by Gasteiger charge is -2.35. The maximum Gasteiger partial charge on any atom is 0.234 e. The molecule has 6 nitrogen and oxygen atoms in total. The molecule has 3 rings (SSSR count). The van der Waals surface area contributed by atoms with Gasteiger partial charge in [-0.05, 0) is 24.3 Å². The molecule has 2 heterocycles. The lowest BCUT2D eigenvalue weighted by Crippen LogP contribution is -2.46. The second-order valence-corrected chi connectivity index (χ2v) is 4.79. The van der Waals surface area contributed by atoms with Crippen molar-refractivity contribution in [2.24, 2.45) is 0 Å². The van der Waals surface area contributed by atoms with Gasteiger partial charge in [0, 0.05) is 31.9 Å². The second kappa shape index (κ2) is 5.75. The van der Waals surface area contributed by atoms with Crippen molar-refractivity contribution in [3.05, 3.63) is 36.4 Å². The molecule has 0 radical (unpaired) electrons.